The second kappa shape index (κ2) is 7.16. The first-order valence-corrected chi connectivity index (χ1v) is 9.83. The van der Waals surface area contributed by atoms with Gasteiger partial charge in [-0.2, -0.15) is 10.1 Å². The van der Waals surface area contributed by atoms with Crippen LogP contribution < -0.4 is 10.6 Å². The fraction of sp³-hybridized carbons (Fsp3) is 0.350. The molecule has 3 N–H and O–H groups in total. The van der Waals surface area contributed by atoms with Gasteiger partial charge in [0.15, 0.2) is 5.65 Å². The van der Waals surface area contributed by atoms with E-state index >= 15 is 0 Å². The zero-order valence-electron chi connectivity index (χ0n) is 16.1. The van der Waals surface area contributed by atoms with Crippen LogP contribution in [0.3, 0.4) is 0 Å². The molecule has 0 atom stereocenters. The molecule has 1 aliphatic rings. The second-order valence-corrected chi connectivity index (χ2v) is 7.53. The maximum Gasteiger partial charge on any atom is 0.224 e. The van der Waals surface area contributed by atoms with E-state index in [4.69, 9.17) is 0 Å². The highest BCUT2D eigenvalue weighted by molar-refractivity contribution is 5.93. The minimum absolute atomic E-state index is 0.0425. The van der Waals surface area contributed by atoms with Gasteiger partial charge < -0.3 is 15.6 Å². The number of anilines is 1. The van der Waals surface area contributed by atoms with Crippen LogP contribution in [0.15, 0.2) is 37.1 Å². The van der Waals surface area contributed by atoms with Gasteiger partial charge in [0.05, 0.1) is 0 Å². The molecule has 5 rings (SSSR count). The van der Waals surface area contributed by atoms with Crippen molar-refractivity contribution in [2.45, 2.75) is 44.7 Å². The molecule has 0 unspecified atom stereocenters. The van der Waals surface area contributed by atoms with E-state index in [2.05, 4.69) is 35.7 Å². The third-order valence-electron chi connectivity index (χ3n) is 5.49. The zero-order valence-corrected chi connectivity index (χ0v) is 16.1. The summed E-state index contributed by atoms with van der Waals surface area (Å²) in [6.45, 7) is 1.57. The summed E-state index contributed by atoms with van der Waals surface area (Å²) in [7, 11) is 0. The van der Waals surface area contributed by atoms with Crippen LogP contribution in [0.1, 0.15) is 32.6 Å². The maximum absolute atomic E-state index is 11.2. The van der Waals surface area contributed by atoms with E-state index in [0.717, 1.165) is 53.5 Å². The van der Waals surface area contributed by atoms with Crippen molar-refractivity contribution in [1.82, 2.24) is 34.9 Å². The molecule has 4 aromatic rings. The van der Waals surface area contributed by atoms with Crippen molar-refractivity contribution < 1.29 is 4.79 Å². The molecular weight excluding hydrogens is 368 g/mol. The Bertz CT molecular complexity index is 1170. The molecule has 4 heterocycles. The van der Waals surface area contributed by atoms with Crippen molar-refractivity contribution in [2.24, 2.45) is 0 Å². The molecule has 148 valence electrons. The van der Waals surface area contributed by atoms with E-state index in [1.807, 2.05) is 30.7 Å². The first-order chi connectivity index (χ1) is 14.2. The molecule has 0 aliphatic heterocycles. The minimum Gasteiger partial charge on any atom is -0.354 e. The van der Waals surface area contributed by atoms with Gasteiger partial charge in [-0.1, -0.05) is 0 Å². The van der Waals surface area contributed by atoms with Crippen molar-refractivity contribution in [2.75, 3.05) is 5.32 Å². The number of hydrogen-bond acceptors (Lipinski definition) is 6. The molecule has 29 heavy (non-hydrogen) atoms. The van der Waals surface area contributed by atoms with E-state index in [1.54, 1.807) is 17.8 Å². The molecule has 1 amide bonds. The van der Waals surface area contributed by atoms with Crippen LogP contribution in [0.25, 0.3) is 27.8 Å². The van der Waals surface area contributed by atoms with E-state index in [9.17, 15) is 4.79 Å². The smallest absolute Gasteiger partial charge is 0.224 e. The van der Waals surface area contributed by atoms with Crippen LogP contribution in [-0.2, 0) is 4.79 Å². The number of H-pyrrole nitrogens is 1. The number of carbonyl (C=O) groups is 1. The predicted molar refractivity (Wildman–Crippen MR) is 109 cm³/mol. The Morgan fingerprint density at radius 1 is 1.21 bits per heavy atom. The van der Waals surface area contributed by atoms with E-state index in [-0.39, 0.29) is 11.9 Å². The lowest BCUT2D eigenvalue weighted by atomic mass is 9.91. The highest BCUT2D eigenvalue weighted by Crippen LogP contribution is 2.29. The number of hydrogen-bond donors (Lipinski definition) is 3. The molecule has 0 radical (unpaired) electrons. The summed E-state index contributed by atoms with van der Waals surface area (Å²) in [5.74, 6) is 0.669. The Hall–Kier alpha value is -3.49. The Kier molecular flexibility index (Phi) is 4.34. The van der Waals surface area contributed by atoms with Crippen LogP contribution in [0.2, 0.25) is 0 Å². The average Bonchev–Trinajstić information content (AvgIpc) is 3.35. The van der Waals surface area contributed by atoms with E-state index in [1.165, 1.54) is 0 Å². The van der Waals surface area contributed by atoms with Crippen LogP contribution in [-0.4, -0.2) is 47.5 Å². The highest BCUT2D eigenvalue weighted by Gasteiger charge is 2.22. The van der Waals surface area contributed by atoms with Gasteiger partial charge in [0.1, 0.15) is 12.0 Å². The lowest BCUT2D eigenvalue weighted by Crippen LogP contribution is -2.39. The molecule has 0 saturated heterocycles. The van der Waals surface area contributed by atoms with Gasteiger partial charge in [0.25, 0.3) is 0 Å². The first kappa shape index (κ1) is 17.6. The Morgan fingerprint density at radius 2 is 2.03 bits per heavy atom. The summed E-state index contributed by atoms with van der Waals surface area (Å²) in [6, 6.07) is 4.60. The number of aromatic nitrogens is 6. The lowest BCUT2D eigenvalue weighted by molar-refractivity contribution is -0.119. The molecule has 0 bridgehead atoms. The van der Waals surface area contributed by atoms with Gasteiger partial charge in [0.2, 0.25) is 11.9 Å². The quantitative estimate of drug-likeness (QED) is 0.494. The Balaban J connectivity index is 1.32. The molecule has 1 saturated carbocycles. The molecule has 9 heteroatoms. The molecular formula is C20H22N8O. The fourth-order valence-corrected chi connectivity index (χ4v) is 4.05. The van der Waals surface area contributed by atoms with Crippen molar-refractivity contribution in [1.29, 1.82) is 0 Å². The number of fused-ring (bicyclic) bond motifs is 2. The van der Waals surface area contributed by atoms with Crippen molar-refractivity contribution in [3.63, 3.8) is 0 Å². The summed E-state index contributed by atoms with van der Waals surface area (Å²) >= 11 is 0. The van der Waals surface area contributed by atoms with E-state index in [0.29, 0.717) is 12.0 Å². The van der Waals surface area contributed by atoms with Gasteiger partial charge in [-0.25, -0.2) is 14.5 Å². The van der Waals surface area contributed by atoms with Gasteiger partial charge >= 0.3 is 0 Å². The van der Waals surface area contributed by atoms with Gasteiger partial charge in [0, 0.05) is 48.5 Å². The van der Waals surface area contributed by atoms with Crippen LogP contribution in [0.4, 0.5) is 5.95 Å². The van der Waals surface area contributed by atoms with Crippen molar-refractivity contribution >= 4 is 28.5 Å². The monoisotopic (exact) mass is 390 g/mol. The number of carbonyl (C=O) groups excluding carboxylic acids is 1. The number of pyridine rings is 1. The Labute approximate surface area is 167 Å². The third-order valence-corrected chi connectivity index (χ3v) is 5.49. The largest absolute Gasteiger partial charge is 0.354 e. The summed E-state index contributed by atoms with van der Waals surface area (Å²) < 4.78 is 1.73. The summed E-state index contributed by atoms with van der Waals surface area (Å²) in [6.07, 6.45) is 11.1. The molecule has 0 spiro atoms. The number of nitrogens with zero attached hydrogens (tertiary/aromatic N) is 5. The predicted octanol–water partition coefficient (Wildman–Crippen LogP) is 2.53. The van der Waals surface area contributed by atoms with Crippen molar-refractivity contribution in [3.05, 3.63) is 37.1 Å². The number of nitrogens with one attached hydrogen (secondary N) is 3. The summed E-state index contributed by atoms with van der Waals surface area (Å²) in [5, 5.41) is 11.5. The summed E-state index contributed by atoms with van der Waals surface area (Å²) in [4.78, 5) is 27.9. The molecule has 1 aliphatic carbocycles. The standard InChI is InChI=1S/C20H22N8O/c1-12(29)25-14-2-4-15(5-3-14)26-20-22-10-17-16(9-21-19(17)27-20)13-6-7-28-18(8-13)23-11-24-28/h6-11,14-15H,2-5H2,1H3,(H,25,29)(H2,21,22,26,27). The zero-order chi connectivity index (χ0) is 19.8. The normalized spacial score (nSPS) is 19.5. The van der Waals surface area contributed by atoms with Crippen LogP contribution in [0, 0.1) is 0 Å². The fourth-order valence-electron chi connectivity index (χ4n) is 4.05. The minimum atomic E-state index is 0.0425. The molecule has 4 aromatic heterocycles. The third kappa shape index (κ3) is 3.51. The molecule has 9 nitrogen and oxygen atoms in total. The Morgan fingerprint density at radius 3 is 2.86 bits per heavy atom. The summed E-state index contributed by atoms with van der Waals surface area (Å²) in [5.41, 5.74) is 3.67. The maximum atomic E-state index is 11.2. The number of rotatable bonds is 4. The average molecular weight is 390 g/mol. The number of amides is 1. The molecule has 0 aromatic carbocycles. The second-order valence-electron chi connectivity index (χ2n) is 7.53. The first-order valence-electron chi connectivity index (χ1n) is 9.83. The van der Waals surface area contributed by atoms with Gasteiger partial charge in [-0.05, 0) is 43.4 Å². The van der Waals surface area contributed by atoms with Crippen LogP contribution >= 0.6 is 0 Å². The van der Waals surface area contributed by atoms with Gasteiger partial charge in [-0.3, -0.25) is 4.79 Å². The molecule has 1 fully saturated rings. The van der Waals surface area contributed by atoms with Crippen molar-refractivity contribution in [3.8, 4) is 11.1 Å². The SMILES string of the molecule is CC(=O)NC1CCC(Nc2ncc3c(-c4ccn5ncnc5c4)c[nH]c3n2)CC1. The topological polar surface area (TPSA) is 113 Å². The number of aromatic amines is 1. The van der Waals surface area contributed by atoms with E-state index < -0.39 is 0 Å². The van der Waals surface area contributed by atoms with Crippen LogP contribution in [0.5, 0.6) is 0 Å². The lowest BCUT2D eigenvalue weighted by Gasteiger charge is -2.29. The van der Waals surface area contributed by atoms with Gasteiger partial charge in [-0.15, -0.1) is 0 Å². The highest BCUT2D eigenvalue weighted by atomic mass is 16.1.